The number of unbranched alkanes of at least 4 members (excludes halogenated alkanes) is 3. The Morgan fingerprint density at radius 2 is 1.30 bits per heavy atom. The molecule has 0 fully saturated rings. The van der Waals surface area contributed by atoms with E-state index in [1.165, 1.54) is 49.7 Å². The Labute approximate surface area is 274 Å². The van der Waals surface area contributed by atoms with Crippen molar-refractivity contribution >= 4 is 5.78 Å². The molecule has 1 aromatic carbocycles. The maximum Gasteiger partial charge on any atom is 0.135 e. The number of aryl methyl sites for hydroxylation is 2. The minimum Gasteiger partial charge on any atom is -0.299 e. The van der Waals surface area contributed by atoms with Gasteiger partial charge in [0.1, 0.15) is 11.6 Å². The second-order valence-corrected chi connectivity index (χ2v) is 14.4. The molecule has 1 aliphatic carbocycles. The van der Waals surface area contributed by atoms with Gasteiger partial charge in [0, 0.05) is 12.3 Å². The van der Waals surface area contributed by atoms with E-state index in [0.717, 1.165) is 74.3 Å². The first-order valence-corrected chi connectivity index (χ1v) is 18.3. The van der Waals surface area contributed by atoms with Crippen LogP contribution in [-0.2, 0) is 17.6 Å². The molecule has 0 heterocycles. The van der Waals surface area contributed by atoms with E-state index in [2.05, 4.69) is 91.8 Å². The van der Waals surface area contributed by atoms with Gasteiger partial charge in [0.15, 0.2) is 0 Å². The van der Waals surface area contributed by atoms with Gasteiger partial charge in [0.05, 0.1) is 0 Å². The van der Waals surface area contributed by atoms with Gasteiger partial charge in [-0.05, 0) is 97.8 Å². The molecule has 1 aliphatic rings. The lowest BCUT2D eigenvalue weighted by molar-refractivity contribution is -0.121. The molecule has 0 saturated heterocycles. The number of carbonyl (C=O) groups is 1. The molecule has 0 radical (unpaired) electrons. The van der Waals surface area contributed by atoms with Crippen molar-refractivity contribution in [3.05, 3.63) is 70.6 Å². The van der Waals surface area contributed by atoms with Crippen LogP contribution in [0.3, 0.4) is 0 Å². The number of benzene rings is 1. The summed E-state index contributed by atoms with van der Waals surface area (Å²) in [5, 5.41) is 0. The van der Waals surface area contributed by atoms with Gasteiger partial charge in [-0.15, -0.1) is 0 Å². The molecule has 0 aliphatic heterocycles. The Morgan fingerprint density at radius 1 is 0.727 bits per heavy atom. The van der Waals surface area contributed by atoms with Crippen molar-refractivity contribution in [3.8, 4) is 0 Å². The molecule has 0 N–H and O–H groups in total. The summed E-state index contributed by atoms with van der Waals surface area (Å²) in [6.45, 7) is 21.7. The number of Topliss-reactive ketones (excluding diaryl/α,β-unsaturated/α-hetero) is 1. The zero-order chi connectivity index (χ0) is 33.3. The normalized spacial score (nSPS) is 13.1. The van der Waals surface area contributed by atoms with Crippen LogP contribution in [0.4, 0.5) is 4.39 Å². The number of allylic oxidation sites excluding steroid dienone is 6. The first-order valence-electron chi connectivity index (χ1n) is 18.3. The molecule has 0 unspecified atom stereocenters. The third-order valence-corrected chi connectivity index (χ3v) is 7.89. The van der Waals surface area contributed by atoms with Crippen molar-refractivity contribution in [1.82, 2.24) is 0 Å². The molecule has 0 saturated carbocycles. The van der Waals surface area contributed by atoms with E-state index < -0.39 is 0 Å². The standard InChI is InChI=1S/C21H35F.C18H28O.C3H8/c1-17(2)11-7-5-6-8-12-19-13-9-10-14-20(21(19)22)16-15-18(3)4;1-14(2)11-12-17-8-5-7-16(13-17)9-6-10-18(19)15(3)4;1-3-2/h10,13-14,17-18H,5-9,11-12,15-16H2,1-4H3;5,7-8,13-15H,6,9-12H2,1-4H3;3H2,1-2H3. The highest BCUT2D eigenvalue weighted by Crippen LogP contribution is 2.29. The van der Waals surface area contributed by atoms with Gasteiger partial charge in [0.25, 0.3) is 0 Å². The second kappa shape index (κ2) is 26.3. The number of carbonyl (C=O) groups excluding carboxylic acids is 1. The van der Waals surface area contributed by atoms with Crippen molar-refractivity contribution in [1.29, 1.82) is 0 Å². The van der Waals surface area contributed by atoms with Gasteiger partial charge in [-0.3, -0.25) is 4.79 Å². The molecule has 0 spiro atoms. The van der Waals surface area contributed by atoms with Gasteiger partial charge in [-0.1, -0.05) is 144 Å². The van der Waals surface area contributed by atoms with Crippen molar-refractivity contribution in [3.63, 3.8) is 0 Å². The fraction of sp³-hybridized carbons (Fsp3) is 0.690. The first-order chi connectivity index (χ1) is 20.9. The molecule has 44 heavy (non-hydrogen) atoms. The average Bonchev–Trinajstić information content (AvgIpc) is 3.14. The Hall–Kier alpha value is -1.96. The molecule has 0 amide bonds. The van der Waals surface area contributed by atoms with E-state index in [1.54, 1.807) is 0 Å². The number of rotatable bonds is 18. The molecule has 0 atom stereocenters. The molecule has 2 heteroatoms. The fourth-order valence-electron chi connectivity index (χ4n) is 5.01. The highest BCUT2D eigenvalue weighted by molar-refractivity contribution is 5.80. The predicted molar refractivity (Wildman–Crippen MR) is 195 cm³/mol. The van der Waals surface area contributed by atoms with Crippen molar-refractivity contribution < 1.29 is 9.18 Å². The van der Waals surface area contributed by atoms with Crippen LogP contribution in [0.2, 0.25) is 0 Å². The predicted octanol–water partition coefficient (Wildman–Crippen LogP) is 13.8. The quantitative estimate of drug-likeness (QED) is 0.151. The van der Waals surface area contributed by atoms with Crippen LogP contribution in [0, 0.1) is 23.7 Å². The molecule has 1 nitrogen and oxygen atoms in total. The highest BCUT2D eigenvalue weighted by Gasteiger charge is 2.12. The molecule has 252 valence electrons. The van der Waals surface area contributed by atoms with Crippen LogP contribution < -0.4 is 0 Å². The van der Waals surface area contributed by atoms with E-state index in [0.29, 0.717) is 18.1 Å². The first kappa shape index (κ1) is 42.0. The Bertz CT molecular complexity index is 960. The number of hydrogen-bond donors (Lipinski definition) is 0. The Kier molecular flexibility index (Phi) is 25.1. The summed E-state index contributed by atoms with van der Waals surface area (Å²) in [5.41, 5.74) is 4.67. The summed E-state index contributed by atoms with van der Waals surface area (Å²) in [4.78, 5) is 11.6. The topological polar surface area (TPSA) is 17.1 Å². The lowest BCUT2D eigenvalue weighted by Crippen LogP contribution is -2.06. The number of halogens is 1. The van der Waals surface area contributed by atoms with E-state index in [-0.39, 0.29) is 11.7 Å². The number of hydrogen-bond acceptors (Lipinski definition) is 1. The van der Waals surface area contributed by atoms with Gasteiger partial charge in [0.2, 0.25) is 0 Å². The minimum atomic E-state index is 0.0663. The largest absolute Gasteiger partial charge is 0.299 e. The summed E-state index contributed by atoms with van der Waals surface area (Å²) < 4.78 is 14.7. The second-order valence-electron chi connectivity index (χ2n) is 14.4. The summed E-state index contributed by atoms with van der Waals surface area (Å²) in [7, 11) is 0. The summed E-state index contributed by atoms with van der Waals surface area (Å²) in [6.07, 6.45) is 22.5. The van der Waals surface area contributed by atoms with E-state index in [9.17, 15) is 9.18 Å². The van der Waals surface area contributed by atoms with Gasteiger partial charge in [-0.25, -0.2) is 4.39 Å². The Morgan fingerprint density at radius 3 is 1.89 bits per heavy atom. The smallest absolute Gasteiger partial charge is 0.135 e. The molecular formula is C42H71FO. The van der Waals surface area contributed by atoms with Crippen molar-refractivity contribution in [2.45, 2.75) is 166 Å². The van der Waals surface area contributed by atoms with Gasteiger partial charge >= 0.3 is 0 Å². The van der Waals surface area contributed by atoms with Gasteiger partial charge in [-0.2, -0.15) is 0 Å². The molecule has 0 aromatic heterocycles. The Balaban J connectivity index is 0.000000778. The zero-order valence-corrected chi connectivity index (χ0v) is 30.7. The molecule has 2 rings (SSSR count). The van der Waals surface area contributed by atoms with Crippen LogP contribution in [0.15, 0.2) is 59.5 Å². The van der Waals surface area contributed by atoms with E-state index in [1.807, 2.05) is 19.9 Å². The van der Waals surface area contributed by atoms with Crippen LogP contribution in [0.5, 0.6) is 0 Å². The molecule has 0 bridgehead atoms. The van der Waals surface area contributed by atoms with Crippen LogP contribution >= 0.6 is 0 Å². The molecule has 1 aromatic rings. The third kappa shape index (κ3) is 22.5. The lowest BCUT2D eigenvalue weighted by Gasteiger charge is -2.10. The van der Waals surface area contributed by atoms with Crippen molar-refractivity contribution in [2.24, 2.45) is 23.7 Å². The maximum absolute atomic E-state index is 14.7. The number of ketones is 1. The van der Waals surface area contributed by atoms with Crippen LogP contribution in [0.1, 0.15) is 164 Å². The van der Waals surface area contributed by atoms with Gasteiger partial charge < -0.3 is 0 Å². The van der Waals surface area contributed by atoms with Crippen LogP contribution in [0.25, 0.3) is 0 Å². The maximum atomic E-state index is 14.7. The summed E-state index contributed by atoms with van der Waals surface area (Å²) >= 11 is 0. The lowest BCUT2D eigenvalue weighted by atomic mass is 9.97. The highest BCUT2D eigenvalue weighted by atomic mass is 19.1. The van der Waals surface area contributed by atoms with E-state index >= 15 is 0 Å². The minimum absolute atomic E-state index is 0.0663. The monoisotopic (exact) mass is 611 g/mol. The SMILES string of the molecule is CC(C)CCCCCCC1=CCC=CC(CCC(C)C)=C1F.CC(C)CCc1cccc(CCCC(=O)C(C)C)c1.CCC. The zero-order valence-electron chi connectivity index (χ0n) is 30.7. The van der Waals surface area contributed by atoms with E-state index in [4.69, 9.17) is 0 Å². The molecular weight excluding hydrogens is 539 g/mol. The third-order valence-electron chi connectivity index (χ3n) is 7.89. The van der Waals surface area contributed by atoms with Crippen molar-refractivity contribution in [2.75, 3.05) is 0 Å². The van der Waals surface area contributed by atoms with Crippen LogP contribution in [-0.4, -0.2) is 5.78 Å². The average molecular weight is 611 g/mol. The fourth-order valence-corrected chi connectivity index (χ4v) is 5.01. The summed E-state index contributed by atoms with van der Waals surface area (Å²) in [5.74, 6) is 2.82. The summed E-state index contributed by atoms with van der Waals surface area (Å²) in [6, 6.07) is 8.85.